The number of nitrogens with zero attached hydrogens (tertiary/aromatic N) is 1. The van der Waals surface area contributed by atoms with Crippen LogP contribution in [0.1, 0.15) is 38.3 Å². The van der Waals surface area contributed by atoms with E-state index >= 15 is 0 Å². The van der Waals surface area contributed by atoms with E-state index in [-0.39, 0.29) is 12.0 Å². The standard InChI is InChI=1S/C24H35NO2/c1-5-27-17-16-20(2)24(3,26)23(18-21-12-8-6-9-13-21)25(4)19-22-14-10-7-11-15-22/h6-15,20,23,26H,5,16-19H2,1-4H3. The molecule has 27 heavy (non-hydrogen) atoms. The molecule has 3 nitrogen and oxygen atoms in total. The zero-order valence-electron chi connectivity index (χ0n) is 17.3. The fraction of sp³-hybridized carbons (Fsp3) is 0.500. The Hall–Kier alpha value is -1.68. The third-order valence-corrected chi connectivity index (χ3v) is 5.65. The number of hydrogen-bond donors (Lipinski definition) is 1. The van der Waals surface area contributed by atoms with Crippen LogP contribution < -0.4 is 0 Å². The molecule has 0 fully saturated rings. The van der Waals surface area contributed by atoms with Crippen LogP contribution in [-0.4, -0.2) is 41.9 Å². The van der Waals surface area contributed by atoms with Crippen molar-refractivity contribution in [3.05, 3.63) is 71.8 Å². The predicted octanol–water partition coefficient (Wildman–Crippen LogP) is 4.54. The average molecular weight is 370 g/mol. The maximum atomic E-state index is 11.6. The van der Waals surface area contributed by atoms with E-state index in [0.29, 0.717) is 6.61 Å². The topological polar surface area (TPSA) is 32.7 Å². The van der Waals surface area contributed by atoms with Crippen molar-refractivity contribution in [1.82, 2.24) is 4.90 Å². The zero-order chi connectivity index (χ0) is 19.7. The fourth-order valence-electron chi connectivity index (χ4n) is 3.65. The van der Waals surface area contributed by atoms with Crippen LogP contribution in [0, 0.1) is 5.92 Å². The fourth-order valence-corrected chi connectivity index (χ4v) is 3.65. The molecular formula is C24H35NO2. The summed E-state index contributed by atoms with van der Waals surface area (Å²) in [4.78, 5) is 2.29. The molecule has 3 atom stereocenters. The third-order valence-electron chi connectivity index (χ3n) is 5.65. The van der Waals surface area contributed by atoms with E-state index in [9.17, 15) is 5.11 Å². The minimum absolute atomic E-state index is 0.0109. The van der Waals surface area contributed by atoms with Gasteiger partial charge in [0, 0.05) is 25.8 Å². The molecule has 2 aromatic carbocycles. The Balaban J connectivity index is 2.19. The molecule has 2 rings (SSSR count). The average Bonchev–Trinajstić information content (AvgIpc) is 2.67. The van der Waals surface area contributed by atoms with Gasteiger partial charge in [-0.2, -0.15) is 0 Å². The summed E-state index contributed by atoms with van der Waals surface area (Å²) in [5, 5.41) is 11.6. The van der Waals surface area contributed by atoms with Crippen molar-refractivity contribution in [1.29, 1.82) is 0 Å². The van der Waals surface area contributed by atoms with Crippen LogP contribution in [0.25, 0.3) is 0 Å². The van der Waals surface area contributed by atoms with E-state index in [1.54, 1.807) is 0 Å². The van der Waals surface area contributed by atoms with Gasteiger partial charge >= 0.3 is 0 Å². The van der Waals surface area contributed by atoms with Gasteiger partial charge in [-0.05, 0) is 50.8 Å². The van der Waals surface area contributed by atoms with Gasteiger partial charge in [0.1, 0.15) is 0 Å². The quantitative estimate of drug-likeness (QED) is 0.590. The number of hydrogen-bond acceptors (Lipinski definition) is 3. The summed E-state index contributed by atoms with van der Waals surface area (Å²) in [7, 11) is 2.12. The molecule has 0 aliphatic carbocycles. The lowest BCUT2D eigenvalue weighted by Crippen LogP contribution is -2.54. The summed E-state index contributed by atoms with van der Waals surface area (Å²) in [5.41, 5.74) is 1.69. The highest BCUT2D eigenvalue weighted by atomic mass is 16.5. The normalized spacial score (nSPS) is 16.1. The molecule has 0 saturated carbocycles. The van der Waals surface area contributed by atoms with Crippen molar-refractivity contribution in [2.75, 3.05) is 20.3 Å². The molecule has 0 aliphatic rings. The second-order valence-corrected chi connectivity index (χ2v) is 7.72. The monoisotopic (exact) mass is 369 g/mol. The Morgan fingerprint density at radius 3 is 2.11 bits per heavy atom. The van der Waals surface area contributed by atoms with E-state index in [1.807, 2.05) is 26.0 Å². The largest absolute Gasteiger partial charge is 0.388 e. The molecule has 0 heterocycles. The first-order valence-electron chi connectivity index (χ1n) is 10.0. The first-order chi connectivity index (χ1) is 12.9. The van der Waals surface area contributed by atoms with Crippen LogP contribution in [-0.2, 0) is 17.7 Å². The van der Waals surface area contributed by atoms with Gasteiger partial charge in [0.25, 0.3) is 0 Å². The Labute approximate surface area is 165 Å². The summed E-state index contributed by atoms with van der Waals surface area (Å²) in [6.07, 6.45) is 1.67. The summed E-state index contributed by atoms with van der Waals surface area (Å²) in [6, 6.07) is 20.9. The second kappa shape index (κ2) is 10.6. The molecule has 148 valence electrons. The molecule has 0 spiro atoms. The first kappa shape index (κ1) is 21.6. The highest BCUT2D eigenvalue weighted by molar-refractivity contribution is 5.19. The predicted molar refractivity (Wildman–Crippen MR) is 113 cm³/mol. The number of ether oxygens (including phenoxy) is 1. The number of rotatable bonds is 11. The van der Waals surface area contributed by atoms with Crippen LogP contribution in [0.2, 0.25) is 0 Å². The molecule has 0 radical (unpaired) electrons. The van der Waals surface area contributed by atoms with Crippen LogP contribution >= 0.6 is 0 Å². The van der Waals surface area contributed by atoms with Crippen molar-refractivity contribution in [2.45, 2.75) is 51.8 Å². The third kappa shape index (κ3) is 6.46. The van der Waals surface area contributed by atoms with Gasteiger partial charge in [-0.1, -0.05) is 67.6 Å². The van der Waals surface area contributed by atoms with Gasteiger partial charge in [0.15, 0.2) is 0 Å². The number of benzene rings is 2. The zero-order valence-corrected chi connectivity index (χ0v) is 17.3. The molecular weight excluding hydrogens is 334 g/mol. The van der Waals surface area contributed by atoms with Crippen molar-refractivity contribution in [3.63, 3.8) is 0 Å². The van der Waals surface area contributed by atoms with E-state index in [2.05, 4.69) is 67.4 Å². The lowest BCUT2D eigenvalue weighted by atomic mass is 9.78. The van der Waals surface area contributed by atoms with Crippen molar-refractivity contribution < 1.29 is 9.84 Å². The highest BCUT2D eigenvalue weighted by Gasteiger charge is 2.39. The highest BCUT2D eigenvalue weighted by Crippen LogP contribution is 2.30. The van der Waals surface area contributed by atoms with E-state index in [0.717, 1.165) is 26.0 Å². The van der Waals surface area contributed by atoms with Crippen molar-refractivity contribution in [3.8, 4) is 0 Å². The van der Waals surface area contributed by atoms with E-state index in [1.165, 1.54) is 11.1 Å². The summed E-state index contributed by atoms with van der Waals surface area (Å²) < 4.78 is 5.53. The first-order valence-corrected chi connectivity index (χ1v) is 10.0. The minimum atomic E-state index is -0.823. The lowest BCUT2D eigenvalue weighted by molar-refractivity contribution is -0.0747. The molecule has 0 amide bonds. The molecule has 3 heteroatoms. The molecule has 2 aromatic rings. The SMILES string of the molecule is CCOCCC(C)C(C)(O)C(Cc1ccccc1)N(C)Cc1ccccc1. The van der Waals surface area contributed by atoms with Crippen LogP contribution in [0.5, 0.6) is 0 Å². The molecule has 1 N–H and O–H groups in total. The van der Waals surface area contributed by atoms with Gasteiger partial charge in [-0.3, -0.25) is 4.90 Å². The molecule has 0 aliphatic heterocycles. The van der Waals surface area contributed by atoms with Crippen LogP contribution in [0.4, 0.5) is 0 Å². The van der Waals surface area contributed by atoms with Crippen LogP contribution in [0.3, 0.4) is 0 Å². The number of aliphatic hydroxyl groups is 1. The minimum Gasteiger partial charge on any atom is -0.388 e. The Kier molecular flexibility index (Phi) is 8.49. The maximum Gasteiger partial charge on any atom is 0.0803 e. The second-order valence-electron chi connectivity index (χ2n) is 7.72. The van der Waals surface area contributed by atoms with Crippen LogP contribution in [0.15, 0.2) is 60.7 Å². The smallest absolute Gasteiger partial charge is 0.0803 e. The Morgan fingerprint density at radius 2 is 1.56 bits per heavy atom. The van der Waals surface area contributed by atoms with Gasteiger partial charge in [-0.15, -0.1) is 0 Å². The Bertz CT molecular complexity index is 642. The Morgan fingerprint density at radius 1 is 1.00 bits per heavy atom. The lowest BCUT2D eigenvalue weighted by Gasteiger charge is -2.43. The van der Waals surface area contributed by atoms with Gasteiger partial charge in [0.2, 0.25) is 0 Å². The maximum absolute atomic E-state index is 11.6. The van der Waals surface area contributed by atoms with E-state index < -0.39 is 5.60 Å². The van der Waals surface area contributed by atoms with E-state index in [4.69, 9.17) is 4.74 Å². The van der Waals surface area contributed by atoms with Crippen molar-refractivity contribution in [2.24, 2.45) is 5.92 Å². The van der Waals surface area contributed by atoms with Gasteiger partial charge in [0.05, 0.1) is 5.60 Å². The molecule has 0 saturated heterocycles. The molecule has 0 bridgehead atoms. The number of likely N-dealkylation sites (N-methyl/N-ethyl adjacent to an activating group) is 1. The summed E-state index contributed by atoms with van der Waals surface area (Å²) in [5.74, 6) is 0.135. The molecule has 3 unspecified atom stereocenters. The summed E-state index contributed by atoms with van der Waals surface area (Å²) in [6.45, 7) is 8.35. The summed E-state index contributed by atoms with van der Waals surface area (Å²) >= 11 is 0. The molecule has 0 aromatic heterocycles. The van der Waals surface area contributed by atoms with Crippen molar-refractivity contribution >= 4 is 0 Å². The van der Waals surface area contributed by atoms with Gasteiger partial charge < -0.3 is 9.84 Å². The van der Waals surface area contributed by atoms with Gasteiger partial charge in [-0.25, -0.2) is 0 Å².